The smallest absolute Gasteiger partial charge is 0.328 e. The van der Waals surface area contributed by atoms with Crippen molar-refractivity contribution in [2.75, 3.05) is 39.5 Å². The number of nitrogens with one attached hydrogen (secondary N) is 4. The molecular formula is C30H48N8O12. The lowest BCUT2D eigenvalue weighted by molar-refractivity contribution is -0.147. The van der Waals surface area contributed by atoms with Gasteiger partial charge in [0.25, 0.3) is 0 Å². The Kier molecular flexibility index (Phi) is 14.4. The van der Waals surface area contributed by atoms with E-state index in [1.54, 1.807) is 0 Å². The molecule has 3 aliphatic rings. The fourth-order valence-electron chi connectivity index (χ4n) is 6.32. The summed E-state index contributed by atoms with van der Waals surface area (Å²) in [6.45, 7) is 0.794. The first-order valence-electron chi connectivity index (χ1n) is 16.6. The molecule has 3 saturated heterocycles. The number of hydrogen-bond donors (Lipinski definition) is 9. The molecule has 0 aromatic heterocycles. The number of aliphatic hydroxyl groups is 3. The average molecular weight is 713 g/mol. The maximum atomic E-state index is 13.5. The second-order valence-electron chi connectivity index (χ2n) is 12.7. The lowest BCUT2D eigenvalue weighted by atomic mass is 10.1. The number of amides is 7. The zero-order valence-corrected chi connectivity index (χ0v) is 28.1. The Hall–Kier alpha value is -4.40. The van der Waals surface area contributed by atoms with Gasteiger partial charge in [-0.05, 0) is 52.4 Å². The quantitative estimate of drug-likeness (QED) is 0.0766. The summed E-state index contributed by atoms with van der Waals surface area (Å²) >= 11 is 0. The number of aliphatic hydroxyl groups excluding tert-OH is 3. The molecule has 3 aliphatic heterocycles. The topological polar surface area (TPSA) is 301 Å². The van der Waals surface area contributed by atoms with E-state index in [-0.39, 0.29) is 31.8 Å². The molecule has 50 heavy (non-hydrogen) atoms. The minimum Gasteiger partial charge on any atom is -0.480 e. The predicted octanol–water partition coefficient (Wildman–Crippen LogP) is -5.67. The van der Waals surface area contributed by atoms with Gasteiger partial charge in [0, 0.05) is 19.6 Å². The van der Waals surface area contributed by atoms with Crippen molar-refractivity contribution in [3.8, 4) is 0 Å². The van der Waals surface area contributed by atoms with Gasteiger partial charge in [0.15, 0.2) is 0 Å². The molecule has 0 saturated carbocycles. The van der Waals surface area contributed by atoms with Crippen LogP contribution in [0.3, 0.4) is 0 Å². The van der Waals surface area contributed by atoms with Crippen LogP contribution in [0.25, 0.3) is 0 Å². The van der Waals surface area contributed by atoms with Crippen molar-refractivity contribution < 1.29 is 58.8 Å². The monoisotopic (exact) mass is 712 g/mol. The number of carbonyl (C=O) groups excluding carboxylic acids is 7. The van der Waals surface area contributed by atoms with E-state index >= 15 is 0 Å². The third-order valence-electron chi connectivity index (χ3n) is 9.05. The minimum absolute atomic E-state index is 0.0649. The van der Waals surface area contributed by atoms with Crippen molar-refractivity contribution in [1.29, 1.82) is 0 Å². The van der Waals surface area contributed by atoms with Gasteiger partial charge in [-0.3, -0.25) is 33.6 Å². The second kappa shape index (κ2) is 18.0. The van der Waals surface area contributed by atoms with Crippen LogP contribution in [0.15, 0.2) is 0 Å². The SMILES string of the molecule is C[C@H](N)C(=O)N1CCC[C@H]1C(=O)N1CCC[C@H]1C(=O)N[C@@H](CO)C(=O)N[C@@H](CO)C(=O)N1CCC[C@H]1C(=O)N[C@@H](C)C(=O)N[C@@H](CO)C(=O)O. The van der Waals surface area contributed by atoms with Gasteiger partial charge < -0.3 is 62.1 Å². The van der Waals surface area contributed by atoms with E-state index in [9.17, 15) is 48.6 Å². The Morgan fingerprint density at radius 2 is 1.08 bits per heavy atom. The van der Waals surface area contributed by atoms with Crippen LogP contribution in [0.5, 0.6) is 0 Å². The highest BCUT2D eigenvalue weighted by atomic mass is 16.4. The molecule has 0 radical (unpaired) electrons. The van der Waals surface area contributed by atoms with E-state index in [1.165, 1.54) is 23.6 Å². The summed E-state index contributed by atoms with van der Waals surface area (Å²) in [5, 5.41) is 47.2. The number of likely N-dealkylation sites (tertiary alicyclic amines) is 3. The van der Waals surface area contributed by atoms with Crippen LogP contribution in [0.1, 0.15) is 52.4 Å². The number of nitrogens with zero attached hydrogens (tertiary/aromatic N) is 3. The molecule has 0 unspecified atom stereocenters. The maximum Gasteiger partial charge on any atom is 0.328 e. The van der Waals surface area contributed by atoms with Crippen molar-refractivity contribution in [2.24, 2.45) is 5.73 Å². The van der Waals surface area contributed by atoms with E-state index in [2.05, 4.69) is 21.3 Å². The molecule has 20 nitrogen and oxygen atoms in total. The Balaban J connectivity index is 1.61. The number of carboxylic acids is 1. The fraction of sp³-hybridized carbons (Fsp3) is 0.733. The normalized spacial score (nSPS) is 23.3. The molecule has 0 aromatic rings. The number of carboxylic acid groups (broad SMARTS) is 1. The molecule has 0 aromatic carbocycles. The van der Waals surface area contributed by atoms with Gasteiger partial charge >= 0.3 is 5.97 Å². The lowest BCUT2D eigenvalue weighted by Gasteiger charge is -2.32. The van der Waals surface area contributed by atoms with Gasteiger partial charge in [-0.2, -0.15) is 0 Å². The molecule has 7 amide bonds. The van der Waals surface area contributed by atoms with E-state index in [4.69, 9.17) is 15.9 Å². The summed E-state index contributed by atoms with van der Waals surface area (Å²) in [7, 11) is 0. The molecule has 0 bridgehead atoms. The van der Waals surface area contributed by atoms with Crippen molar-refractivity contribution >= 4 is 47.3 Å². The summed E-state index contributed by atoms with van der Waals surface area (Å²) < 4.78 is 0. The molecule has 0 aliphatic carbocycles. The Bertz CT molecular complexity index is 1310. The van der Waals surface area contributed by atoms with Gasteiger partial charge in [-0.1, -0.05) is 0 Å². The highest BCUT2D eigenvalue weighted by Crippen LogP contribution is 2.25. The minimum atomic E-state index is -1.59. The van der Waals surface area contributed by atoms with E-state index in [0.717, 1.165) is 4.90 Å². The van der Waals surface area contributed by atoms with Crippen LogP contribution in [0.4, 0.5) is 0 Å². The summed E-state index contributed by atoms with van der Waals surface area (Å²) in [5.41, 5.74) is 5.74. The molecule has 0 spiro atoms. The van der Waals surface area contributed by atoms with Gasteiger partial charge in [-0.15, -0.1) is 0 Å². The summed E-state index contributed by atoms with van der Waals surface area (Å²) in [6, 6.07) is -9.65. The number of nitrogens with two attached hydrogens (primary N) is 1. The average Bonchev–Trinajstić information content (AvgIpc) is 3.88. The third-order valence-corrected chi connectivity index (χ3v) is 9.05. The lowest BCUT2D eigenvalue weighted by Crippen LogP contribution is -2.60. The van der Waals surface area contributed by atoms with Crippen LogP contribution in [0, 0.1) is 0 Å². The molecule has 280 valence electrons. The van der Waals surface area contributed by atoms with Crippen molar-refractivity contribution in [3.63, 3.8) is 0 Å². The third kappa shape index (κ3) is 9.43. The number of aliphatic carboxylic acids is 1. The maximum absolute atomic E-state index is 13.5. The molecule has 3 heterocycles. The van der Waals surface area contributed by atoms with Gasteiger partial charge in [-0.25, -0.2) is 4.79 Å². The second-order valence-corrected chi connectivity index (χ2v) is 12.7. The first-order chi connectivity index (χ1) is 23.7. The first-order valence-corrected chi connectivity index (χ1v) is 16.6. The first kappa shape index (κ1) is 40.0. The molecule has 20 heteroatoms. The van der Waals surface area contributed by atoms with Crippen molar-refractivity contribution in [3.05, 3.63) is 0 Å². The number of rotatable bonds is 15. The Morgan fingerprint density at radius 1 is 0.620 bits per heavy atom. The summed E-state index contributed by atoms with van der Waals surface area (Å²) in [4.78, 5) is 106. The van der Waals surface area contributed by atoms with Crippen molar-refractivity contribution in [1.82, 2.24) is 36.0 Å². The largest absolute Gasteiger partial charge is 0.480 e. The van der Waals surface area contributed by atoms with Crippen LogP contribution in [-0.2, 0) is 38.4 Å². The fourth-order valence-corrected chi connectivity index (χ4v) is 6.32. The van der Waals surface area contributed by atoms with Gasteiger partial charge in [0.05, 0.1) is 25.9 Å². The highest BCUT2D eigenvalue weighted by molar-refractivity contribution is 5.98. The van der Waals surface area contributed by atoms with Crippen LogP contribution in [0.2, 0.25) is 0 Å². The van der Waals surface area contributed by atoms with Gasteiger partial charge in [0.1, 0.15) is 42.3 Å². The van der Waals surface area contributed by atoms with Crippen LogP contribution in [-0.4, -0.2) is 170 Å². The molecule has 3 rings (SSSR count). The zero-order chi connectivity index (χ0) is 37.3. The molecular weight excluding hydrogens is 664 g/mol. The van der Waals surface area contributed by atoms with E-state index < -0.39 is 110 Å². The van der Waals surface area contributed by atoms with E-state index in [1.807, 2.05) is 0 Å². The Labute approximate surface area is 288 Å². The molecule has 8 atom stereocenters. The zero-order valence-electron chi connectivity index (χ0n) is 28.1. The van der Waals surface area contributed by atoms with Crippen molar-refractivity contribution in [2.45, 2.75) is 101 Å². The van der Waals surface area contributed by atoms with Crippen LogP contribution >= 0.6 is 0 Å². The number of hydrogen-bond acceptors (Lipinski definition) is 12. The van der Waals surface area contributed by atoms with Crippen LogP contribution < -0.4 is 27.0 Å². The Morgan fingerprint density at radius 3 is 1.60 bits per heavy atom. The molecule has 10 N–H and O–H groups in total. The highest BCUT2D eigenvalue weighted by Gasteiger charge is 2.44. The van der Waals surface area contributed by atoms with E-state index in [0.29, 0.717) is 32.2 Å². The predicted molar refractivity (Wildman–Crippen MR) is 170 cm³/mol. The van der Waals surface area contributed by atoms with Gasteiger partial charge in [0.2, 0.25) is 41.4 Å². The summed E-state index contributed by atoms with van der Waals surface area (Å²) in [5.74, 6) is -6.52. The molecule has 3 fully saturated rings. The summed E-state index contributed by atoms with van der Waals surface area (Å²) in [6.07, 6.45) is 2.29. The standard InChI is InChI=1S/C30H48N8O12/c1-15(31)27(46)38-11-5-8-22(38)29(48)37-10-4-7-21(37)26(45)33-17(12-39)24(43)34-18(13-40)28(47)36-9-3-6-20(36)25(44)32-16(2)23(42)35-19(14-41)30(49)50/h15-22,39-41H,3-14,31H2,1-2H3,(H,32,44)(H,33,45)(H,34,43)(H,35,42)(H,49,50)/t15-,16-,17-,18-,19-,20-,21-,22-/m0/s1. The number of carbonyl (C=O) groups is 8.